The molecular formula is C18H12F4N8O. The van der Waals surface area contributed by atoms with E-state index in [0.717, 1.165) is 12.1 Å². The third-order valence-corrected chi connectivity index (χ3v) is 4.18. The van der Waals surface area contributed by atoms with E-state index in [1.165, 1.54) is 28.9 Å². The molecule has 2 aromatic carbocycles. The van der Waals surface area contributed by atoms with Gasteiger partial charge in [0.25, 0.3) is 5.91 Å². The Kier molecular flexibility index (Phi) is 4.93. The van der Waals surface area contributed by atoms with E-state index in [9.17, 15) is 22.4 Å². The molecule has 0 aliphatic carbocycles. The third-order valence-electron chi connectivity index (χ3n) is 4.18. The van der Waals surface area contributed by atoms with Gasteiger partial charge in [0, 0.05) is 5.69 Å². The van der Waals surface area contributed by atoms with Gasteiger partial charge in [0.15, 0.2) is 17.2 Å². The monoisotopic (exact) mass is 432 g/mol. The standard InChI is InChI=1S/C18H12F4N8O/c1-10-24-26-28-29(10)14-7-3-5-12(9-14)23-17(31)15-16(18(20,21)22)30(27-25-15)13-6-2-4-11(19)8-13/h2-9H,1H3,(H,23,31). The van der Waals surface area contributed by atoms with Crippen molar-refractivity contribution in [1.82, 2.24) is 35.2 Å². The second kappa shape index (κ2) is 7.59. The van der Waals surface area contributed by atoms with E-state index in [-0.39, 0.29) is 11.4 Å². The van der Waals surface area contributed by atoms with Crippen LogP contribution in [-0.4, -0.2) is 41.1 Å². The average Bonchev–Trinajstić information content (AvgIpc) is 3.34. The van der Waals surface area contributed by atoms with E-state index in [4.69, 9.17) is 0 Å². The van der Waals surface area contributed by atoms with E-state index >= 15 is 0 Å². The molecule has 4 rings (SSSR count). The van der Waals surface area contributed by atoms with Crippen molar-refractivity contribution in [3.05, 3.63) is 71.6 Å². The van der Waals surface area contributed by atoms with Crippen molar-refractivity contribution in [3.8, 4) is 11.4 Å². The smallest absolute Gasteiger partial charge is 0.320 e. The molecule has 0 aliphatic rings. The van der Waals surface area contributed by atoms with Crippen molar-refractivity contribution in [1.29, 1.82) is 0 Å². The highest BCUT2D eigenvalue weighted by atomic mass is 19.4. The van der Waals surface area contributed by atoms with Gasteiger partial charge in [0.2, 0.25) is 0 Å². The van der Waals surface area contributed by atoms with Gasteiger partial charge in [-0.2, -0.15) is 17.9 Å². The number of carbonyl (C=O) groups excluding carboxylic acids is 1. The molecule has 0 radical (unpaired) electrons. The molecule has 158 valence electrons. The number of alkyl halides is 3. The predicted octanol–water partition coefficient (Wildman–Crippen LogP) is 2.96. The minimum absolute atomic E-state index is 0.186. The van der Waals surface area contributed by atoms with Crippen molar-refractivity contribution in [2.45, 2.75) is 13.1 Å². The molecule has 1 N–H and O–H groups in total. The fourth-order valence-corrected chi connectivity index (χ4v) is 2.85. The van der Waals surface area contributed by atoms with E-state index in [1.54, 1.807) is 19.1 Å². The molecule has 4 aromatic rings. The largest absolute Gasteiger partial charge is 0.435 e. The number of aryl methyl sites for hydroxylation is 1. The zero-order valence-corrected chi connectivity index (χ0v) is 15.7. The van der Waals surface area contributed by atoms with Gasteiger partial charge >= 0.3 is 6.18 Å². The molecule has 2 aromatic heterocycles. The molecule has 0 aliphatic heterocycles. The molecule has 0 spiro atoms. The molecule has 0 bridgehead atoms. The van der Waals surface area contributed by atoms with Gasteiger partial charge < -0.3 is 5.32 Å². The van der Waals surface area contributed by atoms with Gasteiger partial charge in [0.05, 0.1) is 11.4 Å². The van der Waals surface area contributed by atoms with Crippen LogP contribution in [-0.2, 0) is 6.18 Å². The van der Waals surface area contributed by atoms with Gasteiger partial charge in [-0.25, -0.2) is 9.07 Å². The Bertz CT molecular complexity index is 1260. The van der Waals surface area contributed by atoms with Crippen LogP contribution in [0.2, 0.25) is 0 Å². The first-order valence-electron chi connectivity index (χ1n) is 8.69. The zero-order chi connectivity index (χ0) is 22.2. The Balaban J connectivity index is 1.69. The number of anilines is 1. The zero-order valence-electron chi connectivity index (χ0n) is 15.7. The molecule has 13 heteroatoms. The van der Waals surface area contributed by atoms with Crippen molar-refractivity contribution in [2.75, 3.05) is 5.32 Å². The van der Waals surface area contributed by atoms with E-state index in [0.29, 0.717) is 16.2 Å². The molecule has 0 atom stereocenters. The van der Waals surface area contributed by atoms with Gasteiger partial charge in [0.1, 0.15) is 5.82 Å². The molecule has 0 saturated heterocycles. The number of aromatic nitrogens is 7. The lowest BCUT2D eigenvalue weighted by Crippen LogP contribution is -2.21. The Morgan fingerprint density at radius 1 is 0.968 bits per heavy atom. The summed E-state index contributed by atoms with van der Waals surface area (Å²) < 4.78 is 56.4. The first-order chi connectivity index (χ1) is 14.7. The van der Waals surface area contributed by atoms with Crippen LogP contribution in [0.1, 0.15) is 22.0 Å². The summed E-state index contributed by atoms with van der Waals surface area (Å²) in [7, 11) is 0. The number of benzene rings is 2. The molecule has 1 amide bonds. The topological polar surface area (TPSA) is 103 Å². The van der Waals surface area contributed by atoms with Gasteiger partial charge in [-0.15, -0.1) is 10.2 Å². The lowest BCUT2D eigenvalue weighted by atomic mass is 10.2. The molecule has 2 heterocycles. The summed E-state index contributed by atoms with van der Waals surface area (Å²) in [4.78, 5) is 12.6. The van der Waals surface area contributed by atoms with Crippen LogP contribution in [0.3, 0.4) is 0 Å². The quantitative estimate of drug-likeness (QED) is 0.498. The highest BCUT2D eigenvalue weighted by Crippen LogP contribution is 2.33. The molecule has 0 saturated carbocycles. The van der Waals surface area contributed by atoms with Crippen LogP contribution < -0.4 is 5.32 Å². The maximum absolute atomic E-state index is 13.7. The Hall–Kier alpha value is -4.16. The van der Waals surface area contributed by atoms with Crippen LogP contribution in [0.4, 0.5) is 23.2 Å². The van der Waals surface area contributed by atoms with Crippen LogP contribution in [0, 0.1) is 12.7 Å². The normalized spacial score (nSPS) is 11.5. The first kappa shape index (κ1) is 20.1. The number of halogens is 4. The minimum Gasteiger partial charge on any atom is -0.320 e. The summed E-state index contributed by atoms with van der Waals surface area (Å²) in [5.74, 6) is -1.43. The number of rotatable bonds is 4. The number of hydrogen-bond donors (Lipinski definition) is 1. The van der Waals surface area contributed by atoms with Crippen molar-refractivity contribution in [3.63, 3.8) is 0 Å². The Labute approximate surface area is 171 Å². The number of tetrazole rings is 1. The number of nitrogens with one attached hydrogen (secondary N) is 1. The predicted molar refractivity (Wildman–Crippen MR) is 98.2 cm³/mol. The van der Waals surface area contributed by atoms with Crippen molar-refractivity contribution in [2.24, 2.45) is 0 Å². The number of amides is 1. The highest BCUT2D eigenvalue weighted by Gasteiger charge is 2.42. The van der Waals surface area contributed by atoms with Gasteiger partial charge in [-0.05, 0) is 53.7 Å². The maximum atomic E-state index is 13.7. The Morgan fingerprint density at radius 2 is 1.68 bits per heavy atom. The van der Waals surface area contributed by atoms with Crippen molar-refractivity contribution >= 4 is 11.6 Å². The summed E-state index contributed by atoms with van der Waals surface area (Å²) in [6, 6.07) is 10.5. The third kappa shape index (κ3) is 3.97. The number of nitrogens with zero attached hydrogens (tertiary/aromatic N) is 7. The van der Waals surface area contributed by atoms with Crippen LogP contribution in [0.5, 0.6) is 0 Å². The average molecular weight is 432 g/mol. The lowest BCUT2D eigenvalue weighted by molar-refractivity contribution is -0.143. The second-order valence-corrected chi connectivity index (χ2v) is 6.32. The van der Waals surface area contributed by atoms with Crippen LogP contribution >= 0.6 is 0 Å². The fraction of sp³-hybridized carbons (Fsp3) is 0.111. The number of carbonyl (C=O) groups is 1. The van der Waals surface area contributed by atoms with Gasteiger partial charge in [-0.1, -0.05) is 17.3 Å². The summed E-state index contributed by atoms with van der Waals surface area (Å²) in [5.41, 5.74) is -1.94. The summed E-state index contributed by atoms with van der Waals surface area (Å²) in [5, 5.41) is 20.2. The summed E-state index contributed by atoms with van der Waals surface area (Å²) >= 11 is 0. The first-order valence-corrected chi connectivity index (χ1v) is 8.69. The molecule has 31 heavy (non-hydrogen) atoms. The van der Waals surface area contributed by atoms with Gasteiger partial charge in [-0.3, -0.25) is 4.79 Å². The molecule has 9 nitrogen and oxygen atoms in total. The highest BCUT2D eigenvalue weighted by molar-refractivity contribution is 6.03. The molecular weight excluding hydrogens is 420 g/mol. The molecule has 0 unspecified atom stereocenters. The van der Waals surface area contributed by atoms with Crippen LogP contribution in [0.25, 0.3) is 11.4 Å². The Morgan fingerprint density at radius 3 is 2.32 bits per heavy atom. The minimum atomic E-state index is -4.98. The van der Waals surface area contributed by atoms with Crippen LogP contribution in [0.15, 0.2) is 48.5 Å². The van der Waals surface area contributed by atoms with Crippen molar-refractivity contribution < 1.29 is 22.4 Å². The second-order valence-electron chi connectivity index (χ2n) is 6.32. The van der Waals surface area contributed by atoms with E-state index in [1.807, 2.05) is 0 Å². The molecule has 0 fully saturated rings. The SMILES string of the molecule is Cc1nnnn1-c1cccc(NC(=O)c2nnn(-c3cccc(F)c3)c2C(F)(F)F)c1. The maximum Gasteiger partial charge on any atom is 0.435 e. The number of hydrogen-bond acceptors (Lipinski definition) is 6. The summed E-state index contributed by atoms with van der Waals surface area (Å²) in [6.07, 6.45) is -4.98. The van der Waals surface area contributed by atoms with E-state index in [2.05, 4.69) is 31.2 Å². The lowest BCUT2D eigenvalue weighted by Gasteiger charge is -2.12. The fourth-order valence-electron chi connectivity index (χ4n) is 2.85. The van der Waals surface area contributed by atoms with E-state index < -0.39 is 29.3 Å². The summed E-state index contributed by atoms with van der Waals surface area (Å²) in [6.45, 7) is 1.66.